The Morgan fingerprint density at radius 1 is 1.06 bits per heavy atom. The Balaban J connectivity index is 1.62. The molecular formula is C24H24BrN3O4S2. The van der Waals surface area contributed by atoms with Crippen molar-refractivity contribution in [2.45, 2.75) is 18.2 Å². The first kappa shape index (κ1) is 25.7. The number of para-hydroxylation sites is 1. The van der Waals surface area contributed by atoms with Gasteiger partial charge in [-0.05, 0) is 89.2 Å². The lowest BCUT2D eigenvalue weighted by Crippen LogP contribution is -2.34. The monoisotopic (exact) mass is 561 g/mol. The molecule has 3 aromatic rings. The predicted molar refractivity (Wildman–Crippen MR) is 142 cm³/mol. The van der Waals surface area contributed by atoms with Gasteiger partial charge in [-0.1, -0.05) is 25.1 Å². The molecular weight excluding hydrogens is 538 g/mol. The molecule has 0 aliphatic carbocycles. The van der Waals surface area contributed by atoms with Gasteiger partial charge in [0.2, 0.25) is 0 Å². The zero-order valence-corrected chi connectivity index (χ0v) is 21.8. The number of ether oxygens (including phenoxy) is 1. The van der Waals surface area contributed by atoms with Crippen molar-refractivity contribution in [1.82, 2.24) is 5.32 Å². The van der Waals surface area contributed by atoms with E-state index >= 15 is 0 Å². The smallest absolute Gasteiger partial charge is 0.264 e. The Kier molecular flexibility index (Phi) is 8.65. The van der Waals surface area contributed by atoms with Gasteiger partial charge in [0.25, 0.3) is 15.9 Å². The summed E-state index contributed by atoms with van der Waals surface area (Å²) in [5.74, 6) is 0.274. The maximum Gasteiger partial charge on any atom is 0.264 e. The van der Waals surface area contributed by atoms with E-state index in [1.54, 1.807) is 54.6 Å². The number of hydrogen-bond donors (Lipinski definition) is 2. The van der Waals surface area contributed by atoms with E-state index in [4.69, 9.17) is 17.0 Å². The predicted octanol–water partition coefficient (Wildman–Crippen LogP) is 5.19. The normalized spacial score (nSPS) is 10.9. The average molecular weight is 563 g/mol. The van der Waals surface area contributed by atoms with Gasteiger partial charge >= 0.3 is 0 Å². The van der Waals surface area contributed by atoms with Crippen molar-refractivity contribution in [2.24, 2.45) is 0 Å². The van der Waals surface area contributed by atoms with E-state index in [0.717, 1.165) is 6.42 Å². The van der Waals surface area contributed by atoms with E-state index in [1.807, 2.05) is 13.0 Å². The minimum atomic E-state index is -3.72. The SMILES string of the molecule is CCCOc1ccc(C(=O)NC(=S)Nc2ccc(S(=O)(=O)N(C)c3ccccc3)cc2)cc1Br. The van der Waals surface area contributed by atoms with Crippen LogP contribution in [0.4, 0.5) is 11.4 Å². The van der Waals surface area contributed by atoms with Gasteiger partial charge in [-0.3, -0.25) is 14.4 Å². The second kappa shape index (κ2) is 11.5. The van der Waals surface area contributed by atoms with Crippen molar-refractivity contribution in [2.75, 3.05) is 23.3 Å². The average Bonchev–Trinajstić information content (AvgIpc) is 2.83. The number of benzene rings is 3. The number of nitrogens with one attached hydrogen (secondary N) is 2. The molecule has 0 spiro atoms. The molecule has 178 valence electrons. The van der Waals surface area contributed by atoms with Crippen LogP contribution in [0.3, 0.4) is 0 Å². The summed E-state index contributed by atoms with van der Waals surface area (Å²) in [7, 11) is -2.22. The molecule has 0 saturated carbocycles. The summed E-state index contributed by atoms with van der Waals surface area (Å²) in [5, 5.41) is 5.59. The highest BCUT2D eigenvalue weighted by Gasteiger charge is 2.21. The minimum absolute atomic E-state index is 0.0874. The Bertz CT molecular complexity index is 1270. The molecule has 1 amide bonds. The van der Waals surface area contributed by atoms with E-state index in [9.17, 15) is 13.2 Å². The van der Waals surface area contributed by atoms with Crippen LogP contribution in [-0.2, 0) is 10.0 Å². The second-order valence-corrected chi connectivity index (χ2v) is 10.5. The highest BCUT2D eigenvalue weighted by atomic mass is 79.9. The highest BCUT2D eigenvalue weighted by Crippen LogP contribution is 2.26. The number of thiocarbonyl (C=S) groups is 1. The maximum atomic E-state index is 12.9. The van der Waals surface area contributed by atoms with Crippen LogP contribution in [0.2, 0.25) is 0 Å². The number of carbonyl (C=O) groups is 1. The fourth-order valence-electron chi connectivity index (χ4n) is 2.95. The van der Waals surface area contributed by atoms with Crippen molar-refractivity contribution >= 4 is 60.6 Å². The number of nitrogens with zero attached hydrogens (tertiary/aromatic N) is 1. The van der Waals surface area contributed by atoms with E-state index in [-0.39, 0.29) is 15.9 Å². The Hall–Kier alpha value is -2.95. The van der Waals surface area contributed by atoms with Gasteiger partial charge in [-0.25, -0.2) is 8.42 Å². The third kappa shape index (κ3) is 6.34. The summed E-state index contributed by atoms with van der Waals surface area (Å²) >= 11 is 8.64. The third-order valence-electron chi connectivity index (χ3n) is 4.77. The van der Waals surface area contributed by atoms with Gasteiger partial charge in [0.1, 0.15) is 5.75 Å². The molecule has 0 aromatic heterocycles. The number of rotatable bonds is 8. The molecule has 0 atom stereocenters. The number of anilines is 2. The molecule has 0 radical (unpaired) electrons. The quantitative estimate of drug-likeness (QED) is 0.368. The highest BCUT2D eigenvalue weighted by molar-refractivity contribution is 9.10. The van der Waals surface area contributed by atoms with Crippen LogP contribution in [-0.4, -0.2) is 33.1 Å². The number of sulfonamides is 1. The van der Waals surface area contributed by atoms with Crippen LogP contribution in [0.15, 0.2) is 82.2 Å². The van der Waals surface area contributed by atoms with Gasteiger partial charge in [0.05, 0.1) is 21.7 Å². The first-order valence-corrected chi connectivity index (χ1v) is 13.0. The maximum absolute atomic E-state index is 12.9. The van der Waals surface area contributed by atoms with Crippen LogP contribution >= 0.6 is 28.1 Å². The van der Waals surface area contributed by atoms with Crippen molar-refractivity contribution < 1.29 is 17.9 Å². The van der Waals surface area contributed by atoms with E-state index in [2.05, 4.69) is 26.6 Å². The zero-order valence-electron chi connectivity index (χ0n) is 18.6. The zero-order chi connectivity index (χ0) is 24.7. The van der Waals surface area contributed by atoms with E-state index in [1.165, 1.54) is 23.5 Å². The fourth-order valence-corrected chi connectivity index (χ4v) is 4.85. The van der Waals surface area contributed by atoms with Crippen molar-refractivity contribution in [3.8, 4) is 5.75 Å². The molecule has 0 aliphatic heterocycles. The van der Waals surface area contributed by atoms with E-state index in [0.29, 0.717) is 33.8 Å². The van der Waals surface area contributed by atoms with Crippen molar-refractivity contribution in [3.05, 3.63) is 82.8 Å². The summed E-state index contributed by atoms with van der Waals surface area (Å²) in [5.41, 5.74) is 1.51. The van der Waals surface area contributed by atoms with Crippen LogP contribution in [0, 0.1) is 0 Å². The number of halogens is 1. The third-order valence-corrected chi connectivity index (χ3v) is 7.40. The summed E-state index contributed by atoms with van der Waals surface area (Å²) in [6.07, 6.45) is 0.880. The minimum Gasteiger partial charge on any atom is -0.492 e. The molecule has 3 rings (SSSR count). The molecule has 0 saturated heterocycles. The second-order valence-electron chi connectivity index (χ2n) is 7.23. The van der Waals surface area contributed by atoms with Gasteiger partial charge < -0.3 is 10.1 Å². The van der Waals surface area contributed by atoms with Crippen LogP contribution in [0.25, 0.3) is 0 Å². The largest absolute Gasteiger partial charge is 0.492 e. The van der Waals surface area contributed by atoms with Gasteiger partial charge in [-0.2, -0.15) is 0 Å². The number of amides is 1. The standard InChI is InChI=1S/C24H24BrN3O4S2/c1-3-15-32-22-14-9-17(16-21(22)25)23(29)27-24(33)26-18-10-12-20(13-11-18)34(30,31)28(2)19-7-5-4-6-8-19/h4-14,16H,3,15H2,1-2H3,(H2,26,27,29,33). The fraction of sp³-hybridized carbons (Fsp3) is 0.167. The molecule has 0 unspecified atom stereocenters. The molecule has 10 heteroatoms. The van der Waals surface area contributed by atoms with Gasteiger partial charge in [0.15, 0.2) is 5.11 Å². The number of carbonyl (C=O) groups excluding carboxylic acids is 1. The summed E-state index contributed by atoms with van der Waals surface area (Å²) in [6, 6.07) is 20.0. The lowest BCUT2D eigenvalue weighted by atomic mass is 10.2. The molecule has 34 heavy (non-hydrogen) atoms. The lowest BCUT2D eigenvalue weighted by molar-refractivity contribution is 0.0977. The Labute approximate surface area is 213 Å². The molecule has 3 aromatic carbocycles. The molecule has 0 aliphatic rings. The van der Waals surface area contributed by atoms with Crippen LogP contribution in [0.5, 0.6) is 5.75 Å². The van der Waals surface area contributed by atoms with Crippen LogP contribution < -0.4 is 19.7 Å². The molecule has 0 fully saturated rings. The molecule has 0 bridgehead atoms. The Morgan fingerprint density at radius 2 is 1.74 bits per heavy atom. The first-order chi connectivity index (χ1) is 16.2. The Morgan fingerprint density at radius 3 is 2.35 bits per heavy atom. The number of hydrogen-bond acceptors (Lipinski definition) is 5. The van der Waals surface area contributed by atoms with Crippen LogP contribution in [0.1, 0.15) is 23.7 Å². The molecule has 2 N–H and O–H groups in total. The molecule has 0 heterocycles. The summed E-state index contributed by atoms with van der Waals surface area (Å²) in [4.78, 5) is 12.7. The summed E-state index contributed by atoms with van der Waals surface area (Å²) in [6.45, 7) is 2.60. The van der Waals surface area contributed by atoms with Crippen molar-refractivity contribution in [3.63, 3.8) is 0 Å². The molecule has 7 nitrogen and oxygen atoms in total. The van der Waals surface area contributed by atoms with E-state index < -0.39 is 10.0 Å². The van der Waals surface area contributed by atoms with Crippen molar-refractivity contribution in [1.29, 1.82) is 0 Å². The lowest BCUT2D eigenvalue weighted by Gasteiger charge is -2.19. The first-order valence-electron chi connectivity index (χ1n) is 10.4. The summed E-state index contributed by atoms with van der Waals surface area (Å²) < 4.78 is 33.3. The van der Waals surface area contributed by atoms with Gasteiger partial charge in [-0.15, -0.1) is 0 Å². The topological polar surface area (TPSA) is 87.7 Å². The van der Waals surface area contributed by atoms with Gasteiger partial charge in [0, 0.05) is 18.3 Å².